The van der Waals surface area contributed by atoms with Gasteiger partial charge in [0.05, 0.1) is 24.6 Å². The van der Waals surface area contributed by atoms with E-state index >= 15 is 0 Å². The Kier molecular flexibility index (Phi) is 8.95. The molecule has 0 amide bonds. The van der Waals surface area contributed by atoms with Crippen LogP contribution in [0.2, 0.25) is 0 Å². The lowest BCUT2D eigenvalue weighted by molar-refractivity contribution is -0.149. The maximum atomic E-state index is 13.6. The topological polar surface area (TPSA) is 70.4 Å². The third kappa shape index (κ3) is 6.13. The standard InChI is InChI=1S/C32H36N2O4/c1-5-7-14-29-33-27-17-15-22(3)19-26(27)31(35)34(29)21-23-16-18-28(25(20-23)11-6-2)38-30(32(36)37-4)24-12-9-8-10-13-24/h8-10,12-13,15-20,30H,5-7,11,14,21H2,1-4H3. The van der Waals surface area contributed by atoms with Crippen molar-refractivity contribution in [3.63, 3.8) is 0 Å². The number of esters is 1. The number of hydrogen-bond acceptors (Lipinski definition) is 5. The monoisotopic (exact) mass is 512 g/mol. The number of methoxy groups -OCH3 is 1. The molecule has 0 spiro atoms. The van der Waals surface area contributed by atoms with Crippen molar-refractivity contribution in [1.82, 2.24) is 9.55 Å². The van der Waals surface area contributed by atoms with Crippen molar-refractivity contribution in [2.45, 2.75) is 65.5 Å². The second-order valence-electron chi connectivity index (χ2n) is 9.67. The predicted octanol–water partition coefficient (Wildman–Crippen LogP) is 6.34. The highest BCUT2D eigenvalue weighted by atomic mass is 16.6. The average molecular weight is 513 g/mol. The SMILES string of the molecule is CCCCc1nc2ccc(C)cc2c(=O)n1Cc1ccc(OC(C(=O)OC)c2ccccc2)c(CCC)c1. The van der Waals surface area contributed by atoms with Crippen LogP contribution < -0.4 is 10.3 Å². The molecule has 0 bridgehead atoms. The van der Waals surface area contributed by atoms with Crippen LogP contribution in [0.1, 0.15) is 67.3 Å². The molecule has 198 valence electrons. The fraction of sp³-hybridized carbons (Fsp3) is 0.344. The molecular formula is C32H36N2O4. The first-order valence-electron chi connectivity index (χ1n) is 13.4. The molecule has 0 fully saturated rings. The van der Waals surface area contributed by atoms with E-state index in [0.717, 1.165) is 65.7 Å². The molecule has 0 aliphatic heterocycles. The van der Waals surface area contributed by atoms with Crippen LogP contribution in [0, 0.1) is 6.92 Å². The zero-order chi connectivity index (χ0) is 27.1. The van der Waals surface area contributed by atoms with Crippen LogP contribution in [0.15, 0.2) is 71.5 Å². The number of carbonyl (C=O) groups excluding carboxylic acids is 1. The Morgan fingerprint density at radius 3 is 2.47 bits per heavy atom. The van der Waals surface area contributed by atoms with E-state index in [2.05, 4.69) is 19.9 Å². The van der Waals surface area contributed by atoms with Crippen LogP contribution in [-0.4, -0.2) is 22.6 Å². The van der Waals surface area contributed by atoms with Crippen molar-refractivity contribution in [2.75, 3.05) is 7.11 Å². The van der Waals surface area contributed by atoms with Gasteiger partial charge in [-0.05, 0) is 49.1 Å². The molecule has 4 rings (SSSR count). The Bertz CT molecular complexity index is 1460. The fourth-order valence-corrected chi connectivity index (χ4v) is 4.68. The van der Waals surface area contributed by atoms with Gasteiger partial charge in [0.2, 0.25) is 6.10 Å². The Hall–Kier alpha value is -3.93. The van der Waals surface area contributed by atoms with Crippen molar-refractivity contribution in [3.8, 4) is 5.75 Å². The molecule has 6 heteroatoms. The summed E-state index contributed by atoms with van der Waals surface area (Å²) in [7, 11) is 1.37. The van der Waals surface area contributed by atoms with Gasteiger partial charge < -0.3 is 9.47 Å². The second kappa shape index (κ2) is 12.5. The smallest absolute Gasteiger partial charge is 0.351 e. The minimum Gasteiger partial charge on any atom is -0.474 e. The lowest BCUT2D eigenvalue weighted by Gasteiger charge is -2.20. The number of fused-ring (bicyclic) bond motifs is 1. The first-order valence-corrected chi connectivity index (χ1v) is 13.4. The van der Waals surface area contributed by atoms with Gasteiger partial charge >= 0.3 is 5.97 Å². The first kappa shape index (κ1) is 27.1. The number of aryl methyl sites for hydroxylation is 3. The lowest BCUT2D eigenvalue weighted by Crippen LogP contribution is -2.26. The molecule has 0 saturated carbocycles. The number of carbonyl (C=O) groups is 1. The maximum absolute atomic E-state index is 13.6. The molecular weight excluding hydrogens is 476 g/mol. The first-order chi connectivity index (χ1) is 18.4. The highest BCUT2D eigenvalue weighted by Gasteiger charge is 2.24. The van der Waals surface area contributed by atoms with E-state index in [9.17, 15) is 9.59 Å². The van der Waals surface area contributed by atoms with Gasteiger partial charge in [0.15, 0.2) is 0 Å². The molecule has 1 aromatic heterocycles. The number of unbranched alkanes of at least 4 members (excludes halogenated alkanes) is 1. The van der Waals surface area contributed by atoms with Crippen molar-refractivity contribution in [3.05, 3.63) is 105 Å². The Labute approximate surface area is 224 Å². The Balaban J connectivity index is 1.72. The number of benzene rings is 3. The molecule has 0 aliphatic carbocycles. The maximum Gasteiger partial charge on any atom is 0.351 e. The van der Waals surface area contributed by atoms with Gasteiger partial charge in [0.1, 0.15) is 11.6 Å². The summed E-state index contributed by atoms with van der Waals surface area (Å²) in [4.78, 5) is 31.1. The number of ether oxygens (including phenoxy) is 2. The van der Waals surface area contributed by atoms with E-state index in [0.29, 0.717) is 17.7 Å². The van der Waals surface area contributed by atoms with Gasteiger partial charge in [-0.3, -0.25) is 9.36 Å². The van der Waals surface area contributed by atoms with Crippen molar-refractivity contribution in [2.24, 2.45) is 0 Å². The van der Waals surface area contributed by atoms with E-state index in [4.69, 9.17) is 14.5 Å². The summed E-state index contributed by atoms with van der Waals surface area (Å²) in [6, 6.07) is 21.1. The average Bonchev–Trinajstić information content (AvgIpc) is 2.93. The van der Waals surface area contributed by atoms with Gasteiger partial charge in [-0.25, -0.2) is 9.78 Å². The molecule has 6 nitrogen and oxygen atoms in total. The largest absolute Gasteiger partial charge is 0.474 e. The van der Waals surface area contributed by atoms with Crippen LogP contribution in [0.5, 0.6) is 5.75 Å². The van der Waals surface area contributed by atoms with Crippen molar-refractivity contribution < 1.29 is 14.3 Å². The minimum atomic E-state index is -0.862. The van der Waals surface area contributed by atoms with Gasteiger partial charge in [-0.1, -0.05) is 80.8 Å². The molecule has 3 aromatic carbocycles. The van der Waals surface area contributed by atoms with E-state index in [1.54, 1.807) is 0 Å². The van der Waals surface area contributed by atoms with Gasteiger partial charge in [0, 0.05) is 12.0 Å². The third-order valence-electron chi connectivity index (χ3n) is 6.69. The molecule has 0 N–H and O–H groups in total. The molecule has 0 aliphatic rings. The predicted molar refractivity (Wildman–Crippen MR) is 151 cm³/mol. The van der Waals surface area contributed by atoms with Crippen LogP contribution >= 0.6 is 0 Å². The van der Waals surface area contributed by atoms with Gasteiger partial charge in [-0.2, -0.15) is 0 Å². The van der Waals surface area contributed by atoms with Gasteiger partial charge in [0.25, 0.3) is 5.56 Å². The fourth-order valence-electron chi connectivity index (χ4n) is 4.68. The molecule has 0 saturated heterocycles. The van der Waals surface area contributed by atoms with Crippen molar-refractivity contribution >= 4 is 16.9 Å². The lowest BCUT2D eigenvalue weighted by atomic mass is 10.0. The molecule has 38 heavy (non-hydrogen) atoms. The van der Waals surface area contributed by atoms with Crippen LogP contribution in [0.3, 0.4) is 0 Å². The number of aromatic nitrogens is 2. The zero-order valence-electron chi connectivity index (χ0n) is 22.7. The summed E-state index contributed by atoms with van der Waals surface area (Å²) >= 11 is 0. The second-order valence-corrected chi connectivity index (χ2v) is 9.67. The highest BCUT2D eigenvalue weighted by Crippen LogP contribution is 2.29. The van der Waals surface area contributed by atoms with Crippen LogP contribution in [-0.2, 0) is 28.9 Å². The summed E-state index contributed by atoms with van der Waals surface area (Å²) in [5, 5.41) is 0.641. The molecule has 1 heterocycles. The highest BCUT2D eigenvalue weighted by molar-refractivity contribution is 5.78. The van der Waals surface area contributed by atoms with E-state index < -0.39 is 12.1 Å². The number of nitrogens with zero attached hydrogens (tertiary/aromatic N) is 2. The molecule has 1 unspecified atom stereocenters. The number of rotatable bonds is 11. The van der Waals surface area contributed by atoms with E-state index in [1.165, 1.54) is 7.11 Å². The van der Waals surface area contributed by atoms with E-state index in [1.807, 2.05) is 72.2 Å². The zero-order valence-corrected chi connectivity index (χ0v) is 22.7. The summed E-state index contributed by atoms with van der Waals surface area (Å²) in [5.41, 5.74) is 4.47. The normalized spacial score (nSPS) is 11.9. The Morgan fingerprint density at radius 1 is 0.974 bits per heavy atom. The minimum absolute atomic E-state index is 0.0167. The number of hydrogen-bond donors (Lipinski definition) is 0. The summed E-state index contributed by atoms with van der Waals surface area (Å²) < 4.78 is 13.1. The summed E-state index contributed by atoms with van der Waals surface area (Å²) in [6.45, 7) is 6.65. The van der Waals surface area contributed by atoms with Crippen LogP contribution in [0.25, 0.3) is 10.9 Å². The third-order valence-corrected chi connectivity index (χ3v) is 6.69. The van der Waals surface area contributed by atoms with Gasteiger partial charge in [-0.15, -0.1) is 0 Å². The molecule has 0 radical (unpaired) electrons. The van der Waals surface area contributed by atoms with Crippen LogP contribution in [0.4, 0.5) is 0 Å². The Morgan fingerprint density at radius 2 is 1.76 bits per heavy atom. The quantitative estimate of drug-likeness (QED) is 0.219. The summed E-state index contributed by atoms with van der Waals surface area (Å²) in [6.07, 6.45) is 3.56. The molecule has 4 aromatic rings. The molecule has 1 atom stereocenters. The summed E-state index contributed by atoms with van der Waals surface area (Å²) in [5.74, 6) is 0.994. The van der Waals surface area contributed by atoms with E-state index in [-0.39, 0.29) is 5.56 Å². The van der Waals surface area contributed by atoms with Crippen molar-refractivity contribution in [1.29, 1.82) is 0 Å².